The number of nitriles is 1. The molecule has 1 aliphatic heterocycles. The summed E-state index contributed by atoms with van der Waals surface area (Å²) in [6.45, 7) is 3.66. The molecular weight excluding hydrogens is 160 g/mol. The lowest BCUT2D eigenvalue weighted by Gasteiger charge is -2.24. The van der Waals surface area contributed by atoms with Gasteiger partial charge in [-0.1, -0.05) is 11.9 Å². The Morgan fingerprint density at radius 2 is 2.18 bits per heavy atom. The summed E-state index contributed by atoms with van der Waals surface area (Å²) in [7, 11) is 0. The van der Waals surface area contributed by atoms with Gasteiger partial charge in [0.2, 0.25) is 0 Å². The maximum atomic E-state index is 8.29. The van der Waals surface area contributed by atoms with Crippen LogP contribution in [0.5, 0.6) is 0 Å². The zero-order valence-corrected chi connectivity index (χ0v) is 7.27. The SMILES string of the molecule is N#CCCSN1CCOCC1. The fourth-order valence-electron chi connectivity index (χ4n) is 0.896. The Bertz CT molecular complexity index is 140. The van der Waals surface area contributed by atoms with Crippen LogP contribution in [-0.2, 0) is 4.74 Å². The van der Waals surface area contributed by atoms with E-state index >= 15 is 0 Å². The molecule has 1 fully saturated rings. The van der Waals surface area contributed by atoms with Crippen LogP contribution in [0.1, 0.15) is 6.42 Å². The molecule has 0 aromatic carbocycles. The van der Waals surface area contributed by atoms with Gasteiger partial charge in [-0.2, -0.15) is 5.26 Å². The van der Waals surface area contributed by atoms with Crippen molar-refractivity contribution in [2.24, 2.45) is 0 Å². The molecule has 0 spiro atoms. The van der Waals surface area contributed by atoms with Crippen molar-refractivity contribution in [1.29, 1.82) is 5.26 Å². The van der Waals surface area contributed by atoms with Crippen molar-refractivity contribution in [3.8, 4) is 6.07 Å². The first-order valence-electron chi connectivity index (χ1n) is 3.76. The summed E-state index contributed by atoms with van der Waals surface area (Å²) in [6.07, 6.45) is 0.641. The number of hydrogen-bond donors (Lipinski definition) is 0. The Morgan fingerprint density at radius 1 is 1.45 bits per heavy atom. The molecule has 0 saturated carbocycles. The van der Waals surface area contributed by atoms with Crippen molar-refractivity contribution in [2.75, 3.05) is 32.1 Å². The minimum Gasteiger partial charge on any atom is -0.379 e. The zero-order chi connectivity index (χ0) is 7.94. The number of morpholine rings is 1. The second kappa shape index (κ2) is 5.42. The number of hydrogen-bond acceptors (Lipinski definition) is 4. The van der Waals surface area contributed by atoms with E-state index in [0.29, 0.717) is 6.42 Å². The standard InChI is InChI=1S/C7H12N2OS/c8-2-1-7-11-9-3-5-10-6-4-9/h1,3-7H2. The third-order valence-corrected chi connectivity index (χ3v) is 2.57. The topological polar surface area (TPSA) is 36.3 Å². The highest BCUT2D eigenvalue weighted by atomic mass is 32.2. The highest BCUT2D eigenvalue weighted by Gasteiger charge is 2.09. The van der Waals surface area contributed by atoms with Crippen LogP contribution in [-0.4, -0.2) is 36.4 Å². The predicted molar refractivity (Wildman–Crippen MR) is 45.1 cm³/mol. The van der Waals surface area contributed by atoms with Gasteiger partial charge < -0.3 is 4.74 Å². The van der Waals surface area contributed by atoms with E-state index in [1.165, 1.54) is 0 Å². The fraction of sp³-hybridized carbons (Fsp3) is 0.857. The molecule has 0 amide bonds. The summed E-state index contributed by atoms with van der Waals surface area (Å²) < 4.78 is 7.45. The van der Waals surface area contributed by atoms with Crippen molar-refractivity contribution in [2.45, 2.75) is 6.42 Å². The lowest BCUT2D eigenvalue weighted by Crippen LogP contribution is -2.31. The molecule has 0 atom stereocenters. The van der Waals surface area contributed by atoms with Gasteiger partial charge >= 0.3 is 0 Å². The lowest BCUT2D eigenvalue weighted by atomic mass is 10.5. The van der Waals surface area contributed by atoms with E-state index in [1.54, 1.807) is 11.9 Å². The summed E-state index contributed by atoms with van der Waals surface area (Å²) >= 11 is 1.75. The van der Waals surface area contributed by atoms with E-state index in [2.05, 4.69) is 10.4 Å². The summed E-state index contributed by atoms with van der Waals surface area (Å²) in [5.74, 6) is 0.913. The van der Waals surface area contributed by atoms with Crippen molar-refractivity contribution < 1.29 is 4.74 Å². The molecule has 3 nitrogen and oxygen atoms in total. The van der Waals surface area contributed by atoms with Crippen molar-refractivity contribution in [3.05, 3.63) is 0 Å². The van der Waals surface area contributed by atoms with Crippen LogP contribution in [0.2, 0.25) is 0 Å². The fourth-order valence-corrected chi connectivity index (χ4v) is 1.74. The Morgan fingerprint density at radius 3 is 2.82 bits per heavy atom. The average Bonchev–Trinajstić information content (AvgIpc) is 2.07. The molecule has 0 unspecified atom stereocenters. The van der Waals surface area contributed by atoms with Crippen LogP contribution in [0, 0.1) is 11.3 Å². The van der Waals surface area contributed by atoms with Gasteiger partial charge in [0.05, 0.1) is 19.3 Å². The Hall–Kier alpha value is -0.240. The third-order valence-electron chi connectivity index (χ3n) is 1.46. The Balaban J connectivity index is 2.01. The maximum absolute atomic E-state index is 8.29. The summed E-state index contributed by atoms with van der Waals surface area (Å²) in [4.78, 5) is 0. The minimum absolute atomic E-state index is 0.641. The Kier molecular flexibility index (Phi) is 4.36. The van der Waals surface area contributed by atoms with Crippen molar-refractivity contribution in [3.63, 3.8) is 0 Å². The van der Waals surface area contributed by atoms with Gasteiger partial charge in [-0.3, -0.25) is 0 Å². The molecule has 1 saturated heterocycles. The van der Waals surface area contributed by atoms with Crippen molar-refractivity contribution >= 4 is 11.9 Å². The second-order valence-electron chi connectivity index (χ2n) is 2.28. The molecule has 0 aromatic rings. The van der Waals surface area contributed by atoms with Gasteiger partial charge in [0.15, 0.2) is 0 Å². The molecule has 1 heterocycles. The van der Waals surface area contributed by atoms with E-state index in [9.17, 15) is 0 Å². The van der Waals surface area contributed by atoms with E-state index in [4.69, 9.17) is 10.00 Å². The van der Waals surface area contributed by atoms with Gasteiger partial charge in [-0.15, -0.1) is 0 Å². The molecule has 0 aliphatic carbocycles. The molecule has 0 radical (unpaired) electrons. The highest BCUT2D eigenvalue weighted by molar-refractivity contribution is 7.97. The van der Waals surface area contributed by atoms with Gasteiger partial charge in [-0.25, -0.2) is 4.31 Å². The van der Waals surface area contributed by atoms with Gasteiger partial charge in [0.1, 0.15) is 0 Å². The van der Waals surface area contributed by atoms with Crippen LogP contribution in [0.3, 0.4) is 0 Å². The smallest absolute Gasteiger partial charge is 0.0630 e. The molecular formula is C7H12N2OS. The monoisotopic (exact) mass is 172 g/mol. The molecule has 0 aromatic heterocycles. The average molecular weight is 172 g/mol. The van der Waals surface area contributed by atoms with Crippen LogP contribution < -0.4 is 0 Å². The maximum Gasteiger partial charge on any atom is 0.0630 e. The summed E-state index contributed by atoms with van der Waals surface area (Å²) in [6, 6.07) is 2.13. The second-order valence-corrected chi connectivity index (χ2v) is 3.47. The first kappa shape index (κ1) is 8.85. The summed E-state index contributed by atoms with van der Waals surface area (Å²) in [5.41, 5.74) is 0. The highest BCUT2D eigenvalue weighted by Crippen LogP contribution is 2.12. The molecule has 62 valence electrons. The van der Waals surface area contributed by atoms with Crippen LogP contribution in [0.4, 0.5) is 0 Å². The molecule has 1 rings (SSSR count). The third kappa shape index (κ3) is 3.61. The molecule has 0 bridgehead atoms. The number of rotatable bonds is 3. The molecule has 4 heteroatoms. The molecule has 1 aliphatic rings. The van der Waals surface area contributed by atoms with Crippen LogP contribution in [0.25, 0.3) is 0 Å². The first-order valence-corrected chi connectivity index (χ1v) is 4.70. The molecule has 0 N–H and O–H groups in total. The Labute approximate surface area is 71.4 Å². The lowest BCUT2D eigenvalue weighted by molar-refractivity contribution is 0.0773. The number of nitrogens with zero attached hydrogens (tertiary/aromatic N) is 2. The molecule has 11 heavy (non-hydrogen) atoms. The summed E-state index contributed by atoms with van der Waals surface area (Å²) in [5, 5.41) is 8.29. The number of ether oxygens (including phenoxy) is 1. The quantitative estimate of drug-likeness (QED) is 0.468. The van der Waals surface area contributed by atoms with Crippen LogP contribution in [0.15, 0.2) is 0 Å². The van der Waals surface area contributed by atoms with Gasteiger partial charge in [0.25, 0.3) is 0 Å². The van der Waals surface area contributed by atoms with E-state index < -0.39 is 0 Å². The van der Waals surface area contributed by atoms with Gasteiger partial charge in [0, 0.05) is 25.3 Å². The van der Waals surface area contributed by atoms with Gasteiger partial charge in [-0.05, 0) is 0 Å². The van der Waals surface area contributed by atoms with E-state index in [-0.39, 0.29) is 0 Å². The predicted octanol–water partition coefficient (Wildman–Crippen LogP) is 0.880. The zero-order valence-electron chi connectivity index (χ0n) is 6.45. The van der Waals surface area contributed by atoms with Crippen molar-refractivity contribution in [1.82, 2.24) is 4.31 Å². The first-order chi connectivity index (χ1) is 5.43. The van der Waals surface area contributed by atoms with E-state index in [0.717, 1.165) is 32.1 Å². The largest absolute Gasteiger partial charge is 0.379 e. The minimum atomic E-state index is 0.641. The van der Waals surface area contributed by atoms with Crippen LogP contribution >= 0.6 is 11.9 Å². The normalized spacial score (nSPS) is 19.5. The van der Waals surface area contributed by atoms with E-state index in [1.807, 2.05) is 0 Å².